The fourth-order valence-electron chi connectivity index (χ4n) is 1.33. The third-order valence-corrected chi connectivity index (χ3v) is 2.26. The molecule has 1 aromatic carbocycles. The van der Waals surface area contributed by atoms with Crippen molar-refractivity contribution in [1.82, 2.24) is 5.32 Å². The van der Waals surface area contributed by atoms with Crippen molar-refractivity contribution in [3.8, 4) is 17.6 Å². The molecule has 100 valence electrons. The number of aldehydes is 1. The van der Waals surface area contributed by atoms with Crippen LogP contribution in [0.5, 0.6) is 11.5 Å². The molecule has 0 unspecified atom stereocenters. The van der Waals surface area contributed by atoms with Gasteiger partial charge in [0.2, 0.25) is 0 Å². The molecule has 0 aromatic heterocycles. The molecule has 19 heavy (non-hydrogen) atoms. The summed E-state index contributed by atoms with van der Waals surface area (Å²) in [5.74, 6) is 0.502. The van der Waals surface area contributed by atoms with Gasteiger partial charge in [-0.25, -0.2) is 0 Å². The van der Waals surface area contributed by atoms with E-state index in [1.807, 2.05) is 6.07 Å². The number of hydrogen-bond donors (Lipinski definition) is 1. The zero-order valence-electron chi connectivity index (χ0n) is 10.5. The molecule has 0 aliphatic rings. The Bertz CT molecular complexity index is 494. The van der Waals surface area contributed by atoms with Gasteiger partial charge in [-0.15, -0.1) is 0 Å². The smallest absolute Gasteiger partial charge is 0.257 e. The summed E-state index contributed by atoms with van der Waals surface area (Å²) >= 11 is 0. The monoisotopic (exact) mass is 262 g/mol. The van der Waals surface area contributed by atoms with Crippen LogP contribution in [0.2, 0.25) is 0 Å². The molecule has 0 spiro atoms. The van der Waals surface area contributed by atoms with E-state index in [1.54, 1.807) is 12.1 Å². The van der Waals surface area contributed by atoms with E-state index in [0.717, 1.165) is 0 Å². The van der Waals surface area contributed by atoms with Crippen LogP contribution in [0.4, 0.5) is 0 Å². The van der Waals surface area contributed by atoms with Gasteiger partial charge in [-0.1, -0.05) is 0 Å². The molecule has 0 fully saturated rings. The Labute approximate surface area is 110 Å². The molecule has 0 saturated heterocycles. The summed E-state index contributed by atoms with van der Waals surface area (Å²) in [5, 5.41) is 10.8. The molecule has 0 aliphatic carbocycles. The van der Waals surface area contributed by atoms with Crippen molar-refractivity contribution >= 4 is 12.2 Å². The molecule has 0 heterocycles. The van der Waals surface area contributed by atoms with Crippen LogP contribution in [-0.4, -0.2) is 32.5 Å². The van der Waals surface area contributed by atoms with Crippen molar-refractivity contribution in [3.05, 3.63) is 23.8 Å². The highest BCUT2D eigenvalue weighted by Gasteiger charge is 2.07. The molecule has 1 N–H and O–H groups in total. The Morgan fingerprint density at radius 1 is 1.53 bits per heavy atom. The number of amides is 1. The normalized spacial score (nSPS) is 9.26. The number of nitriles is 1. The molecule has 0 bridgehead atoms. The van der Waals surface area contributed by atoms with Crippen LogP contribution in [0.25, 0.3) is 0 Å². The molecule has 0 radical (unpaired) electrons. The van der Waals surface area contributed by atoms with Crippen LogP contribution >= 0.6 is 0 Å². The van der Waals surface area contributed by atoms with Crippen LogP contribution in [0, 0.1) is 11.3 Å². The van der Waals surface area contributed by atoms with Crippen molar-refractivity contribution in [3.63, 3.8) is 0 Å². The van der Waals surface area contributed by atoms with E-state index in [2.05, 4.69) is 5.32 Å². The van der Waals surface area contributed by atoms with Gasteiger partial charge in [-0.2, -0.15) is 5.26 Å². The highest BCUT2D eigenvalue weighted by molar-refractivity contribution is 5.81. The van der Waals surface area contributed by atoms with E-state index in [1.165, 1.54) is 13.2 Å². The topological polar surface area (TPSA) is 88.4 Å². The Morgan fingerprint density at radius 3 is 2.95 bits per heavy atom. The van der Waals surface area contributed by atoms with Crippen LogP contribution in [0.15, 0.2) is 18.2 Å². The number of benzene rings is 1. The average molecular weight is 262 g/mol. The van der Waals surface area contributed by atoms with Crippen LogP contribution in [0.3, 0.4) is 0 Å². The molecule has 1 aromatic rings. The number of hydrogen-bond acceptors (Lipinski definition) is 5. The van der Waals surface area contributed by atoms with Gasteiger partial charge in [0.1, 0.15) is 11.5 Å². The summed E-state index contributed by atoms with van der Waals surface area (Å²) in [7, 11) is 1.49. The van der Waals surface area contributed by atoms with E-state index in [-0.39, 0.29) is 25.5 Å². The maximum Gasteiger partial charge on any atom is 0.257 e. The molecule has 0 aliphatic heterocycles. The fraction of sp³-hybridized carbons (Fsp3) is 0.308. The zero-order chi connectivity index (χ0) is 14.1. The summed E-state index contributed by atoms with van der Waals surface area (Å²) in [6, 6.07) is 6.63. The SMILES string of the molecule is COc1ccc(OCC(=O)NCCC#N)c(C=O)c1. The summed E-state index contributed by atoms with van der Waals surface area (Å²) in [6.45, 7) is 0.0699. The van der Waals surface area contributed by atoms with Crippen LogP contribution < -0.4 is 14.8 Å². The van der Waals surface area contributed by atoms with E-state index >= 15 is 0 Å². The first-order chi connectivity index (χ1) is 9.21. The summed E-state index contributed by atoms with van der Waals surface area (Å²) in [4.78, 5) is 22.2. The van der Waals surface area contributed by atoms with Crippen molar-refractivity contribution in [1.29, 1.82) is 5.26 Å². The van der Waals surface area contributed by atoms with E-state index in [4.69, 9.17) is 14.7 Å². The first-order valence-corrected chi connectivity index (χ1v) is 5.61. The third kappa shape index (κ3) is 4.68. The molecule has 0 atom stereocenters. The van der Waals surface area contributed by atoms with Gasteiger partial charge in [0.05, 0.1) is 25.2 Å². The van der Waals surface area contributed by atoms with Gasteiger partial charge in [0.25, 0.3) is 5.91 Å². The molecule has 6 nitrogen and oxygen atoms in total. The van der Waals surface area contributed by atoms with Crippen molar-refractivity contribution in [2.75, 3.05) is 20.3 Å². The van der Waals surface area contributed by atoms with Gasteiger partial charge in [-0.3, -0.25) is 9.59 Å². The Hall–Kier alpha value is -2.55. The Balaban J connectivity index is 2.55. The predicted octanol–water partition coefficient (Wildman–Crippen LogP) is 0.916. The number of rotatable bonds is 7. The minimum Gasteiger partial charge on any atom is -0.497 e. The largest absolute Gasteiger partial charge is 0.497 e. The van der Waals surface area contributed by atoms with Gasteiger partial charge in [0.15, 0.2) is 12.9 Å². The summed E-state index contributed by atoms with van der Waals surface area (Å²) < 4.78 is 10.2. The first-order valence-electron chi connectivity index (χ1n) is 5.61. The highest BCUT2D eigenvalue weighted by atomic mass is 16.5. The molecule has 1 amide bonds. The van der Waals surface area contributed by atoms with E-state index < -0.39 is 0 Å². The number of nitrogens with one attached hydrogen (secondary N) is 1. The third-order valence-electron chi connectivity index (χ3n) is 2.26. The van der Waals surface area contributed by atoms with E-state index in [0.29, 0.717) is 23.3 Å². The summed E-state index contributed by atoms with van der Waals surface area (Å²) in [5.41, 5.74) is 0.309. The number of carbonyl (C=O) groups is 2. The Morgan fingerprint density at radius 2 is 2.32 bits per heavy atom. The lowest BCUT2D eigenvalue weighted by atomic mass is 10.2. The fourth-order valence-corrected chi connectivity index (χ4v) is 1.33. The summed E-state index contributed by atoms with van der Waals surface area (Å²) in [6.07, 6.45) is 0.874. The molecular formula is C13H14N2O4. The lowest BCUT2D eigenvalue weighted by Crippen LogP contribution is -2.29. The highest BCUT2D eigenvalue weighted by Crippen LogP contribution is 2.22. The Kier molecular flexibility index (Phi) is 5.89. The quantitative estimate of drug-likeness (QED) is 0.583. The molecule has 1 rings (SSSR count). The minimum atomic E-state index is -0.345. The lowest BCUT2D eigenvalue weighted by Gasteiger charge is -2.09. The maximum absolute atomic E-state index is 11.4. The lowest BCUT2D eigenvalue weighted by molar-refractivity contribution is -0.123. The first kappa shape index (κ1) is 14.5. The van der Waals surface area contributed by atoms with Gasteiger partial charge in [0, 0.05) is 6.54 Å². The number of nitrogens with zero attached hydrogens (tertiary/aromatic N) is 1. The average Bonchev–Trinajstić information content (AvgIpc) is 2.45. The van der Waals surface area contributed by atoms with E-state index in [9.17, 15) is 9.59 Å². The second kappa shape index (κ2) is 7.71. The molecule has 6 heteroatoms. The van der Waals surface area contributed by atoms with Crippen molar-refractivity contribution < 1.29 is 19.1 Å². The van der Waals surface area contributed by atoms with Gasteiger partial charge >= 0.3 is 0 Å². The molecule has 0 saturated carbocycles. The predicted molar refractivity (Wildman–Crippen MR) is 67.1 cm³/mol. The second-order valence-corrected chi connectivity index (χ2v) is 3.57. The van der Waals surface area contributed by atoms with Crippen molar-refractivity contribution in [2.45, 2.75) is 6.42 Å². The minimum absolute atomic E-state index is 0.210. The molecular weight excluding hydrogens is 248 g/mol. The second-order valence-electron chi connectivity index (χ2n) is 3.57. The van der Waals surface area contributed by atoms with Crippen molar-refractivity contribution in [2.24, 2.45) is 0 Å². The zero-order valence-corrected chi connectivity index (χ0v) is 10.5. The van der Waals surface area contributed by atoms with Gasteiger partial charge < -0.3 is 14.8 Å². The van der Waals surface area contributed by atoms with Gasteiger partial charge in [-0.05, 0) is 18.2 Å². The maximum atomic E-state index is 11.4. The van der Waals surface area contributed by atoms with Crippen LogP contribution in [0.1, 0.15) is 16.8 Å². The van der Waals surface area contributed by atoms with Crippen LogP contribution in [-0.2, 0) is 4.79 Å². The number of carbonyl (C=O) groups excluding carboxylic acids is 2. The standard InChI is InChI=1S/C13H14N2O4/c1-18-11-3-4-12(10(7-11)8-16)19-9-13(17)15-6-2-5-14/h3-4,7-8H,2,6,9H2,1H3,(H,15,17). The number of methoxy groups -OCH3 is 1. The number of ether oxygens (including phenoxy) is 2.